The van der Waals surface area contributed by atoms with Gasteiger partial charge in [-0.3, -0.25) is 9.59 Å². The lowest BCUT2D eigenvalue weighted by molar-refractivity contribution is -0.128. The Morgan fingerprint density at radius 3 is 2.81 bits per heavy atom. The fourth-order valence-corrected chi connectivity index (χ4v) is 3.63. The Hall–Kier alpha value is -2.60. The topological polar surface area (TPSA) is 62.6 Å². The van der Waals surface area contributed by atoms with Crippen LogP contribution in [0.15, 0.2) is 57.4 Å². The Morgan fingerprint density at radius 1 is 1.19 bits per heavy atom. The van der Waals surface area contributed by atoms with E-state index in [0.29, 0.717) is 24.2 Å². The second-order valence-electron chi connectivity index (χ2n) is 6.34. The number of amides is 2. The molecule has 3 aromatic rings. The van der Waals surface area contributed by atoms with Gasteiger partial charge in [-0.2, -0.15) is 0 Å². The molecule has 26 heavy (non-hydrogen) atoms. The average Bonchev–Trinajstić information content (AvgIpc) is 3.23. The minimum atomic E-state index is -0.303. The molecule has 0 saturated carbocycles. The third-order valence-electron chi connectivity index (χ3n) is 4.45. The largest absolute Gasteiger partial charge is 0.450 e. The van der Waals surface area contributed by atoms with Gasteiger partial charge in [-0.1, -0.05) is 24.3 Å². The lowest BCUT2D eigenvalue weighted by atomic mass is 10.2. The van der Waals surface area contributed by atoms with Crippen LogP contribution in [0, 0.1) is 0 Å². The molecule has 1 aliphatic heterocycles. The number of benzene rings is 2. The first-order valence-electron chi connectivity index (χ1n) is 8.46. The molecule has 1 aromatic heterocycles. The minimum Gasteiger partial charge on any atom is -0.450 e. The second kappa shape index (κ2) is 6.96. The summed E-state index contributed by atoms with van der Waals surface area (Å²) in [5, 5.41) is 3.73. The molecule has 0 radical (unpaired) electrons. The van der Waals surface area contributed by atoms with Crippen LogP contribution in [-0.2, 0) is 11.3 Å². The van der Waals surface area contributed by atoms with Crippen molar-refractivity contribution in [3.8, 4) is 0 Å². The van der Waals surface area contributed by atoms with Crippen molar-refractivity contribution in [2.24, 2.45) is 0 Å². The van der Waals surface area contributed by atoms with Gasteiger partial charge in [-0.15, -0.1) is 0 Å². The molecule has 1 saturated heterocycles. The number of para-hydroxylation sites is 1. The molecule has 2 heterocycles. The van der Waals surface area contributed by atoms with Crippen LogP contribution >= 0.6 is 15.9 Å². The molecule has 0 atom stereocenters. The van der Waals surface area contributed by atoms with Gasteiger partial charge in [-0.25, -0.2) is 0 Å². The highest BCUT2D eigenvalue weighted by Gasteiger charge is 2.20. The number of nitrogens with one attached hydrogen (secondary N) is 1. The zero-order chi connectivity index (χ0) is 18.1. The molecule has 1 aliphatic rings. The number of anilines is 1. The van der Waals surface area contributed by atoms with E-state index in [-0.39, 0.29) is 17.6 Å². The first-order valence-corrected chi connectivity index (χ1v) is 9.25. The van der Waals surface area contributed by atoms with Crippen LogP contribution in [0.5, 0.6) is 0 Å². The van der Waals surface area contributed by atoms with Gasteiger partial charge in [0.25, 0.3) is 5.91 Å². The number of furan rings is 1. The highest BCUT2D eigenvalue weighted by Crippen LogP contribution is 2.27. The number of hydrogen-bond acceptors (Lipinski definition) is 3. The van der Waals surface area contributed by atoms with Crippen molar-refractivity contribution in [2.45, 2.75) is 19.4 Å². The molecule has 4 rings (SSSR count). The molecular formula is C20H17BrN2O3. The van der Waals surface area contributed by atoms with Crippen molar-refractivity contribution in [3.05, 3.63) is 64.3 Å². The maximum atomic E-state index is 12.5. The van der Waals surface area contributed by atoms with E-state index < -0.39 is 0 Å². The SMILES string of the molecule is O=C(Nc1cccc(CN2CCCC2=O)c1)c1cc2cccc(Br)c2o1. The molecule has 6 heteroatoms. The predicted octanol–water partition coefficient (Wildman–Crippen LogP) is 4.57. The molecule has 1 N–H and O–H groups in total. The van der Waals surface area contributed by atoms with Crippen LogP contribution < -0.4 is 5.32 Å². The molecule has 1 fully saturated rings. The Morgan fingerprint density at radius 2 is 2.04 bits per heavy atom. The fourth-order valence-electron chi connectivity index (χ4n) is 3.17. The number of rotatable bonds is 4. The van der Waals surface area contributed by atoms with E-state index in [1.165, 1.54) is 0 Å². The molecule has 2 amide bonds. The van der Waals surface area contributed by atoms with E-state index >= 15 is 0 Å². The van der Waals surface area contributed by atoms with Gasteiger partial charge in [0.2, 0.25) is 5.91 Å². The van der Waals surface area contributed by atoms with Gasteiger partial charge in [0.15, 0.2) is 5.76 Å². The number of halogens is 1. The predicted molar refractivity (Wildman–Crippen MR) is 103 cm³/mol. The summed E-state index contributed by atoms with van der Waals surface area (Å²) in [5.41, 5.74) is 2.32. The number of hydrogen-bond donors (Lipinski definition) is 1. The first kappa shape index (κ1) is 16.8. The number of carbonyl (C=O) groups is 2. The zero-order valence-corrected chi connectivity index (χ0v) is 15.6. The lowest BCUT2D eigenvalue weighted by Crippen LogP contribution is -2.23. The Balaban J connectivity index is 1.51. The van der Waals surface area contributed by atoms with E-state index in [9.17, 15) is 9.59 Å². The van der Waals surface area contributed by atoms with Crippen molar-refractivity contribution in [1.82, 2.24) is 4.90 Å². The molecule has 0 spiro atoms. The van der Waals surface area contributed by atoms with Crippen LogP contribution in [0.1, 0.15) is 29.0 Å². The van der Waals surface area contributed by atoms with E-state index in [4.69, 9.17) is 4.42 Å². The number of fused-ring (bicyclic) bond motifs is 1. The van der Waals surface area contributed by atoms with Crippen molar-refractivity contribution >= 4 is 44.4 Å². The standard InChI is InChI=1S/C20H17BrN2O3/c21-16-7-2-5-14-11-17(26-19(14)16)20(25)22-15-6-1-4-13(10-15)12-23-9-3-8-18(23)24/h1-2,4-7,10-11H,3,8-9,12H2,(H,22,25). The third kappa shape index (κ3) is 3.37. The molecule has 0 aliphatic carbocycles. The molecule has 0 unspecified atom stereocenters. The normalized spacial score (nSPS) is 14.2. The molecular weight excluding hydrogens is 396 g/mol. The average molecular weight is 413 g/mol. The van der Waals surface area contributed by atoms with Gasteiger partial charge in [0.05, 0.1) is 4.47 Å². The lowest BCUT2D eigenvalue weighted by Gasteiger charge is -2.16. The van der Waals surface area contributed by atoms with Crippen LogP contribution in [-0.4, -0.2) is 23.3 Å². The third-order valence-corrected chi connectivity index (χ3v) is 5.07. The quantitative estimate of drug-likeness (QED) is 0.682. The van der Waals surface area contributed by atoms with Gasteiger partial charge < -0.3 is 14.6 Å². The summed E-state index contributed by atoms with van der Waals surface area (Å²) in [6.07, 6.45) is 1.54. The van der Waals surface area contributed by atoms with Gasteiger partial charge in [0, 0.05) is 30.6 Å². The van der Waals surface area contributed by atoms with Crippen molar-refractivity contribution in [2.75, 3.05) is 11.9 Å². The highest BCUT2D eigenvalue weighted by atomic mass is 79.9. The zero-order valence-electron chi connectivity index (χ0n) is 14.0. The Labute approximate surface area is 159 Å². The monoisotopic (exact) mass is 412 g/mol. The first-order chi connectivity index (χ1) is 12.6. The van der Waals surface area contributed by atoms with Crippen LogP contribution in [0.3, 0.4) is 0 Å². The van der Waals surface area contributed by atoms with Crippen LogP contribution in [0.2, 0.25) is 0 Å². The second-order valence-corrected chi connectivity index (χ2v) is 7.20. The molecule has 5 nitrogen and oxygen atoms in total. The number of likely N-dealkylation sites (tertiary alicyclic amines) is 1. The summed E-state index contributed by atoms with van der Waals surface area (Å²) in [6.45, 7) is 1.36. The Bertz CT molecular complexity index is 996. The summed E-state index contributed by atoms with van der Waals surface area (Å²) in [7, 11) is 0. The number of carbonyl (C=O) groups excluding carboxylic acids is 2. The molecule has 2 aromatic carbocycles. The number of nitrogens with zero attached hydrogens (tertiary/aromatic N) is 1. The van der Waals surface area contributed by atoms with E-state index in [1.807, 2.05) is 47.4 Å². The van der Waals surface area contributed by atoms with Crippen molar-refractivity contribution < 1.29 is 14.0 Å². The van der Waals surface area contributed by atoms with Crippen LogP contribution in [0.4, 0.5) is 5.69 Å². The van der Waals surface area contributed by atoms with E-state index in [1.54, 1.807) is 6.07 Å². The molecule has 0 bridgehead atoms. The highest BCUT2D eigenvalue weighted by molar-refractivity contribution is 9.10. The van der Waals surface area contributed by atoms with Crippen molar-refractivity contribution in [1.29, 1.82) is 0 Å². The summed E-state index contributed by atoms with van der Waals surface area (Å²) in [5.74, 6) is 0.141. The smallest absolute Gasteiger partial charge is 0.291 e. The van der Waals surface area contributed by atoms with Crippen LogP contribution in [0.25, 0.3) is 11.0 Å². The maximum absolute atomic E-state index is 12.5. The van der Waals surface area contributed by atoms with Crippen molar-refractivity contribution in [3.63, 3.8) is 0 Å². The molecule has 132 valence electrons. The minimum absolute atomic E-state index is 0.187. The summed E-state index contributed by atoms with van der Waals surface area (Å²) < 4.78 is 6.48. The van der Waals surface area contributed by atoms with Gasteiger partial charge in [0.1, 0.15) is 5.58 Å². The maximum Gasteiger partial charge on any atom is 0.291 e. The fraction of sp³-hybridized carbons (Fsp3) is 0.200. The summed E-state index contributed by atoms with van der Waals surface area (Å²) in [4.78, 5) is 26.1. The Kier molecular flexibility index (Phi) is 4.51. The van der Waals surface area contributed by atoms with E-state index in [2.05, 4.69) is 21.2 Å². The summed E-state index contributed by atoms with van der Waals surface area (Å²) in [6, 6.07) is 14.9. The van der Waals surface area contributed by atoms with Gasteiger partial charge in [-0.05, 0) is 52.2 Å². The van der Waals surface area contributed by atoms with Gasteiger partial charge >= 0.3 is 0 Å². The van der Waals surface area contributed by atoms with E-state index in [0.717, 1.165) is 28.4 Å². The summed E-state index contributed by atoms with van der Waals surface area (Å²) >= 11 is 3.42.